The summed E-state index contributed by atoms with van der Waals surface area (Å²) in [4.78, 5) is 12.7. The Hall–Kier alpha value is -3.02. The van der Waals surface area contributed by atoms with Crippen molar-refractivity contribution in [2.75, 3.05) is 25.6 Å². The molecule has 0 fully saturated rings. The maximum atomic E-state index is 12.3. The third kappa shape index (κ3) is 5.23. The molecule has 2 heterocycles. The van der Waals surface area contributed by atoms with E-state index >= 15 is 0 Å². The van der Waals surface area contributed by atoms with E-state index in [1.807, 2.05) is 18.2 Å². The van der Waals surface area contributed by atoms with Crippen LogP contribution in [0.1, 0.15) is 10.6 Å². The zero-order valence-electron chi connectivity index (χ0n) is 14.5. The van der Waals surface area contributed by atoms with Crippen LogP contribution in [0.2, 0.25) is 0 Å². The van der Waals surface area contributed by atoms with Crippen molar-refractivity contribution in [1.29, 1.82) is 0 Å². The average Bonchev–Trinajstić information content (AvgIpc) is 3.11. The molecule has 0 aliphatic carbocycles. The maximum absolute atomic E-state index is 12.3. The Balaban J connectivity index is 1.66. The molecule has 0 bridgehead atoms. The highest BCUT2D eigenvalue weighted by molar-refractivity contribution is 7.19. The van der Waals surface area contributed by atoms with Crippen molar-refractivity contribution >= 4 is 33.6 Å². The molecule has 0 radical (unpaired) electrons. The fourth-order valence-electron chi connectivity index (χ4n) is 2.08. The van der Waals surface area contributed by atoms with Crippen molar-refractivity contribution in [3.8, 4) is 17.6 Å². The van der Waals surface area contributed by atoms with Crippen LogP contribution in [0.25, 0.3) is 16.3 Å². The molecular weight excluding hydrogens is 367 g/mol. The van der Waals surface area contributed by atoms with E-state index in [9.17, 15) is 9.50 Å². The van der Waals surface area contributed by atoms with Crippen LogP contribution in [-0.2, 0) is 0 Å². The molecule has 0 spiro atoms. The van der Waals surface area contributed by atoms with Crippen molar-refractivity contribution < 1.29 is 14.2 Å². The standard InChI is InChI=1S/C19H17FN4O2S/c1-21-19-22-10-13(11-23-19)4-2-3-5-18-24-16-7-6-15(8-17(16)27-18)26-12-14(25)9-20/h3,5-8,10-11,14,25H,9,12H2,1H3,(H,21,22,23)/b5-3+. The van der Waals surface area contributed by atoms with Crippen molar-refractivity contribution in [2.45, 2.75) is 6.10 Å². The number of nitrogens with one attached hydrogen (secondary N) is 1. The second-order valence-corrected chi connectivity index (χ2v) is 6.51. The van der Waals surface area contributed by atoms with Crippen LogP contribution >= 0.6 is 11.3 Å². The highest BCUT2D eigenvalue weighted by Crippen LogP contribution is 2.27. The molecule has 0 saturated carbocycles. The Labute approximate surface area is 159 Å². The molecule has 0 saturated heterocycles. The molecule has 8 heteroatoms. The monoisotopic (exact) mass is 384 g/mol. The lowest BCUT2D eigenvalue weighted by Crippen LogP contribution is -2.19. The number of anilines is 1. The van der Waals surface area contributed by atoms with Gasteiger partial charge in [-0.25, -0.2) is 19.3 Å². The van der Waals surface area contributed by atoms with Crippen molar-refractivity contribution in [3.05, 3.63) is 47.2 Å². The van der Waals surface area contributed by atoms with Gasteiger partial charge in [0.1, 0.15) is 30.1 Å². The van der Waals surface area contributed by atoms with Gasteiger partial charge in [-0.15, -0.1) is 11.3 Å². The molecule has 0 aliphatic heterocycles. The van der Waals surface area contributed by atoms with Gasteiger partial charge in [0.2, 0.25) is 5.95 Å². The van der Waals surface area contributed by atoms with Crippen LogP contribution in [0, 0.1) is 11.8 Å². The SMILES string of the molecule is CNc1ncc(C#C/C=C/c2nc3ccc(OCC(O)CF)cc3s2)cn1. The smallest absolute Gasteiger partial charge is 0.222 e. The summed E-state index contributed by atoms with van der Waals surface area (Å²) >= 11 is 1.49. The van der Waals surface area contributed by atoms with Gasteiger partial charge in [-0.1, -0.05) is 11.8 Å². The predicted octanol–water partition coefficient (Wildman–Crippen LogP) is 2.90. The zero-order valence-corrected chi connectivity index (χ0v) is 15.3. The first-order valence-corrected chi connectivity index (χ1v) is 8.95. The predicted molar refractivity (Wildman–Crippen MR) is 105 cm³/mol. The van der Waals surface area contributed by atoms with E-state index < -0.39 is 12.8 Å². The third-order valence-electron chi connectivity index (χ3n) is 3.40. The molecule has 2 N–H and O–H groups in total. The van der Waals surface area contributed by atoms with Gasteiger partial charge in [-0.05, 0) is 30.4 Å². The quantitative estimate of drug-likeness (QED) is 0.636. The van der Waals surface area contributed by atoms with E-state index in [4.69, 9.17) is 4.74 Å². The van der Waals surface area contributed by atoms with Gasteiger partial charge in [0.15, 0.2) is 0 Å². The van der Waals surface area contributed by atoms with Crippen LogP contribution < -0.4 is 10.1 Å². The topological polar surface area (TPSA) is 80.2 Å². The van der Waals surface area contributed by atoms with Crippen LogP contribution in [0.5, 0.6) is 5.75 Å². The molecule has 1 unspecified atom stereocenters. The number of aromatic nitrogens is 3. The van der Waals surface area contributed by atoms with Gasteiger partial charge in [0.25, 0.3) is 0 Å². The fourth-order valence-corrected chi connectivity index (χ4v) is 2.98. The van der Waals surface area contributed by atoms with Gasteiger partial charge in [0.05, 0.1) is 15.8 Å². The van der Waals surface area contributed by atoms with Crippen LogP contribution in [0.15, 0.2) is 36.7 Å². The summed E-state index contributed by atoms with van der Waals surface area (Å²) in [5.74, 6) is 7.00. The molecule has 3 aromatic rings. The summed E-state index contributed by atoms with van der Waals surface area (Å²) in [6.45, 7) is -0.910. The normalized spacial score (nSPS) is 12.0. The number of rotatable bonds is 6. The van der Waals surface area contributed by atoms with Crippen LogP contribution in [0.4, 0.5) is 10.3 Å². The minimum Gasteiger partial charge on any atom is -0.491 e. The average molecular weight is 384 g/mol. The summed E-state index contributed by atoms with van der Waals surface area (Å²) in [6, 6.07) is 5.39. The number of thiazole rings is 1. The van der Waals surface area contributed by atoms with Gasteiger partial charge >= 0.3 is 0 Å². The van der Waals surface area contributed by atoms with Crippen molar-refractivity contribution in [2.24, 2.45) is 0 Å². The van der Waals surface area contributed by atoms with Gasteiger partial charge in [-0.2, -0.15) is 0 Å². The number of alkyl halides is 1. The first kappa shape index (κ1) is 18.8. The van der Waals surface area contributed by atoms with E-state index in [0.717, 1.165) is 20.8 Å². The van der Waals surface area contributed by atoms with E-state index in [0.29, 0.717) is 11.7 Å². The number of nitrogens with zero attached hydrogens (tertiary/aromatic N) is 3. The summed E-state index contributed by atoms with van der Waals surface area (Å²) in [5, 5.41) is 12.9. The number of hydrogen-bond acceptors (Lipinski definition) is 7. The number of fused-ring (bicyclic) bond motifs is 1. The Kier molecular flexibility index (Phi) is 6.30. The lowest BCUT2D eigenvalue weighted by Gasteiger charge is -2.08. The molecule has 27 heavy (non-hydrogen) atoms. The Morgan fingerprint density at radius 3 is 2.93 bits per heavy atom. The second-order valence-electron chi connectivity index (χ2n) is 5.45. The number of halogens is 1. The Bertz CT molecular complexity index is 992. The van der Waals surface area contributed by atoms with E-state index in [1.165, 1.54) is 11.3 Å². The van der Waals surface area contributed by atoms with Gasteiger partial charge < -0.3 is 15.2 Å². The lowest BCUT2D eigenvalue weighted by atomic mass is 10.3. The molecule has 0 aliphatic rings. The molecule has 3 rings (SSSR count). The summed E-state index contributed by atoms with van der Waals surface area (Å²) in [6.07, 6.45) is 5.74. The summed E-state index contributed by atoms with van der Waals surface area (Å²) in [7, 11) is 1.75. The highest BCUT2D eigenvalue weighted by Gasteiger charge is 2.06. The number of aliphatic hydroxyl groups excluding tert-OH is 1. The lowest BCUT2D eigenvalue weighted by molar-refractivity contribution is 0.0842. The largest absolute Gasteiger partial charge is 0.491 e. The third-order valence-corrected chi connectivity index (χ3v) is 4.38. The minimum atomic E-state index is -1.11. The molecule has 1 atom stereocenters. The van der Waals surface area contributed by atoms with Crippen molar-refractivity contribution in [3.63, 3.8) is 0 Å². The van der Waals surface area contributed by atoms with Gasteiger partial charge in [0, 0.05) is 19.4 Å². The van der Waals surface area contributed by atoms with Crippen molar-refractivity contribution in [1.82, 2.24) is 15.0 Å². The van der Waals surface area contributed by atoms with E-state index in [1.54, 1.807) is 31.6 Å². The van der Waals surface area contributed by atoms with Crippen LogP contribution in [0.3, 0.4) is 0 Å². The number of allylic oxidation sites excluding steroid dienone is 1. The van der Waals surface area contributed by atoms with Gasteiger partial charge in [-0.3, -0.25) is 0 Å². The molecule has 6 nitrogen and oxygen atoms in total. The number of aliphatic hydroxyl groups is 1. The molecule has 138 valence electrons. The minimum absolute atomic E-state index is 0.0812. The maximum Gasteiger partial charge on any atom is 0.222 e. The van der Waals surface area contributed by atoms with E-state index in [-0.39, 0.29) is 6.61 Å². The first-order chi connectivity index (χ1) is 13.2. The number of ether oxygens (including phenoxy) is 1. The second kappa shape index (κ2) is 9.07. The molecule has 2 aromatic heterocycles. The summed E-state index contributed by atoms with van der Waals surface area (Å²) < 4.78 is 18.6. The molecular formula is C19H17FN4O2S. The Morgan fingerprint density at radius 2 is 2.19 bits per heavy atom. The molecule has 1 aromatic carbocycles. The zero-order chi connectivity index (χ0) is 19.1. The number of hydrogen-bond donors (Lipinski definition) is 2. The summed E-state index contributed by atoms with van der Waals surface area (Å²) in [5.41, 5.74) is 1.56. The highest BCUT2D eigenvalue weighted by atomic mass is 32.1. The van der Waals surface area contributed by atoms with E-state index in [2.05, 4.69) is 32.1 Å². The molecule has 0 amide bonds. The first-order valence-electron chi connectivity index (χ1n) is 8.13. The Morgan fingerprint density at radius 1 is 1.37 bits per heavy atom. The van der Waals surface area contributed by atoms with Crippen LogP contribution in [-0.4, -0.2) is 46.5 Å². The fraction of sp³-hybridized carbons (Fsp3) is 0.211. The number of benzene rings is 1.